The van der Waals surface area contributed by atoms with Crippen LogP contribution in [0.3, 0.4) is 0 Å². The Morgan fingerprint density at radius 3 is 2.73 bits per heavy atom. The van der Waals surface area contributed by atoms with Crippen LogP contribution >= 0.6 is 34.7 Å². The number of hydrogen-bond donors (Lipinski definition) is 1. The number of rotatable bonds is 6. The molecule has 11 heteroatoms. The maximum Gasteiger partial charge on any atom is 0.416 e. The van der Waals surface area contributed by atoms with Crippen molar-refractivity contribution in [3.63, 3.8) is 0 Å². The van der Waals surface area contributed by atoms with Crippen LogP contribution in [0.4, 0.5) is 18.9 Å². The van der Waals surface area contributed by atoms with Crippen molar-refractivity contribution >= 4 is 56.5 Å². The van der Waals surface area contributed by atoms with E-state index in [1.165, 1.54) is 15.9 Å². The Balaban J connectivity index is 1.80. The summed E-state index contributed by atoms with van der Waals surface area (Å²) in [4.78, 5) is 29.6. The van der Waals surface area contributed by atoms with Crippen LogP contribution in [0.25, 0.3) is 10.2 Å². The van der Waals surface area contributed by atoms with Gasteiger partial charge in [0.25, 0.3) is 5.56 Å². The van der Waals surface area contributed by atoms with E-state index in [2.05, 4.69) is 10.3 Å². The molecule has 0 unspecified atom stereocenters. The highest BCUT2D eigenvalue weighted by molar-refractivity contribution is 7.99. The molecule has 3 aromatic rings. The van der Waals surface area contributed by atoms with Crippen molar-refractivity contribution in [3.8, 4) is 0 Å². The number of thioether (sulfide) groups is 1. The third-order valence-corrected chi connectivity index (χ3v) is 6.18. The number of carbonyl (C=O) groups is 1. The average Bonchev–Trinajstić information content (AvgIpc) is 3.12. The lowest BCUT2D eigenvalue weighted by Gasteiger charge is -2.14. The van der Waals surface area contributed by atoms with Gasteiger partial charge in [-0.05, 0) is 35.6 Å². The molecule has 30 heavy (non-hydrogen) atoms. The molecule has 1 aromatic carbocycles. The van der Waals surface area contributed by atoms with Gasteiger partial charge in [0, 0.05) is 6.54 Å². The van der Waals surface area contributed by atoms with Gasteiger partial charge >= 0.3 is 6.18 Å². The number of hydrogen-bond acceptors (Lipinski definition) is 5. The number of alkyl halides is 3. The number of thiophene rings is 1. The van der Waals surface area contributed by atoms with Crippen LogP contribution in [-0.2, 0) is 17.5 Å². The van der Waals surface area contributed by atoms with Crippen LogP contribution in [0.2, 0.25) is 5.02 Å². The minimum Gasteiger partial charge on any atom is -0.324 e. The van der Waals surface area contributed by atoms with E-state index in [1.54, 1.807) is 11.4 Å². The van der Waals surface area contributed by atoms with Crippen LogP contribution in [0.15, 0.2) is 39.6 Å². The molecule has 2 heterocycles. The number of nitrogens with zero attached hydrogens (tertiary/aromatic N) is 2. The second kappa shape index (κ2) is 8.99. The Labute approximate surface area is 183 Å². The summed E-state index contributed by atoms with van der Waals surface area (Å²) in [7, 11) is 0. The summed E-state index contributed by atoms with van der Waals surface area (Å²) in [6.07, 6.45) is -4.55. The van der Waals surface area contributed by atoms with Gasteiger partial charge in [0.05, 0.1) is 27.5 Å². The molecule has 0 atom stereocenters. The van der Waals surface area contributed by atoms with E-state index >= 15 is 0 Å². The van der Waals surface area contributed by atoms with Crippen molar-refractivity contribution in [2.75, 3.05) is 11.1 Å². The van der Waals surface area contributed by atoms with E-state index in [0.717, 1.165) is 30.0 Å². The number of nitrogens with one attached hydrogen (secondary N) is 1. The highest BCUT2D eigenvalue weighted by atomic mass is 35.5. The molecule has 1 amide bonds. The maximum absolute atomic E-state index is 12.9. The second-order valence-electron chi connectivity index (χ2n) is 6.87. The zero-order chi connectivity index (χ0) is 22.1. The molecule has 2 aromatic heterocycles. The number of halogens is 4. The maximum atomic E-state index is 12.9. The van der Waals surface area contributed by atoms with Gasteiger partial charge in [0.1, 0.15) is 4.70 Å². The van der Waals surface area contributed by atoms with Crippen molar-refractivity contribution in [1.29, 1.82) is 0 Å². The van der Waals surface area contributed by atoms with E-state index in [4.69, 9.17) is 11.6 Å². The molecule has 160 valence electrons. The van der Waals surface area contributed by atoms with Crippen molar-refractivity contribution in [1.82, 2.24) is 9.55 Å². The first-order chi connectivity index (χ1) is 14.1. The zero-order valence-corrected chi connectivity index (χ0v) is 18.3. The van der Waals surface area contributed by atoms with E-state index < -0.39 is 17.6 Å². The van der Waals surface area contributed by atoms with Gasteiger partial charge < -0.3 is 5.32 Å². The normalized spacial score (nSPS) is 12.0. The summed E-state index contributed by atoms with van der Waals surface area (Å²) < 4.78 is 40.8. The molecular formula is C19H17ClF3N3O2S2. The topological polar surface area (TPSA) is 64.0 Å². The molecule has 0 saturated heterocycles. The quantitative estimate of drug-likeness (QED) is 0.377. The molecule has 0 fully saturated rings. The first-order valence-corrected chi connectivity index (χ1v) is 11.1. The Morgan fingerprint density at radius 1 is 1.33 bits per heavy atom. The summed E-state index contributed by atoms with van der Waals surface area (Å²) >= 11 is 8.27. The van der Waals surface area contributed by atoms with Gasteiger partial charge in [-0.1, -0.05) is 37.2 Å². The fraction of sp³-hybridized carbons (Fsp3) is 0.316. The summed E-state index contributed by atoms with van der Waals surface area (Å²) in [6.45, 7) is 4.35. The first kappa shape index (κ1) is 22.6. The molecule has 0 aliphatic carbocycles. The predicted octanol–water partition coefficient (Wildman–Crippen LogP) is 5.52. The molecule has 0 aliphatic heterocycles. The number of carbonyl (C=O) groups excluding carboxylic acids is 1. The zero-order valence-electron chi connectivity index (χ0n) is 15.9. The lowest BCUT2D eigenvalue weighted by Crippen LogP contribution is -2.25. The highest BCUT2D eigenvalue weighted by Gasteiger charge is 2.31. The van der Waals surface area contributed by atoms with Gasteiger partial charge in [-0.15, -0.1) is 11.3 Å². The Bertz CT molecular complexity index is 1140. The standard InChI is InChI=1S/C19H17ClF3N3O2S2/c1-10(2)8-26-17(28)16-13(5-6-29-16)25-18(26)30-9-15(27)24-14-7-11(19(21,22)23)3-4-12(14)20/h3-7,10H,8-9H2,1-2H3,(H,24,27). The van der Waals surface area contributed by atoms with Crippen LogP contribution in [-0.4, -0.2) is 21.2 Å². The minimum absolute atomic E-state index is 0.00381. The van der Waals surface area contributed by atoms with Crippen LogP contribution in [0, 0.1) is 5.92 Å². The monoisotopic (exact) mass is 475 g/mol. The largest absolute Gasteiger partial charge is 0.416 e. The molecular weight excluding hydrogens is 459 g/mol. The fourth-order valence-electron chi connectivity index (χ4n) is 2.67. The average molecular weight is 476 g/mol. The molecule has 5 nitrogen and oxygen atoms in total. The van der Waals surface area contributed by atoms with Gasteiger partial charge in [0.15, 0.2) is 5.16 Å². The summed E-state index contributed by atoms with van der Waals surface area (Å²) in [5, 5.41) is 4.54. The second-order valence-corrected chi connectivity index (χ2v) is 9.13. The van der Waals surface area contributed by atoms with Crippen molar-refractivity contribution in [2.24, 2.45) is 5.92 Å². The summed E-state index contributed by atoms with van der Waals surface area (Å²) in [5.41, 5.74) is -0.663. The highest BCUT2D eigenvalue weighted by Crippen LogP contribution is 2.34. The fourth-order valence-corrected chi connectivity index (χ4v) is 4.43. The van der Waals surface area contributed by atoms with Crippen LogP contribution in [0.1, 0.15) is 19.4 Å². The lowest BCUT2D eigenvalue weighted by atomic mass is 10.2. The molecule has 0 aliphatic rings. The molecule has 1 N–H and O–H groups in total. The van der Waals surface area contributed by atoms with E-state index in [1.807, 2.05) is 13.8 Å². The van der Waals surface area contributed by atoms with E-state index in [-0.39, 0.29) is 27.9 Å². The SMILES string of the molecule is CC(C)Cn1c(SCC(=O)Nc2cc(C(F)(F)F)ccc2Cl)nc2ccsc2c1=O. The van der Waals surface area contributed by atoms with Gasteiger partial charge in [-0.3, -0.25) is 14.2 Å². The molecule has 0 bridgehead atoms. The third kappa shape index (κ3) is 5.16. The van der Waals surface area contributed by atoms with E-state index in [9.17, 15) is 22.8 Å². The molecule has 3 rings (SSSR count). The molecule has 0 radical (unpaired) electrons. The number of amides is 1. The Hall–Kier alpha value is -2.04. The van der Waals surface area contributed by atoms with Gasteiger partial charge in [0.2, 0.25) is 5.91 Å². The van der Waals surface area contributed by atoms with Crippen LogP contribution < -0.4 is 10.9 Å². The van der Waals surface area contributed by atoms with Crippen molar-refractivity contribution in [3.05, 3.63) is 50.6 Å². The summed E-state index contributed by atoms with van der Waals surface area (Å²) in [6, 6.07) is 4.44. The minimum atomic E-state index is -4.55. The van der Waals surface area contributed by atoms with Crippen molar-refractivity contribution in [2.45, 2.75) is 31.7 Å². The Kier molecular flexibility index (Phi) is 6.78. The number of aromatic nitrogens is 2. The predicted molar refractivity (Wildman–Crippen MR) is 115 cm³/mol. The lowest BCUT2D eigenvalue weighted by molar-refractivity contribution is -0.137. The number of fused-ring (bicyclic) bond motifs is 1. The Morgan fingerprint density at radius 2 is 2.07 bits per heavy atom. The van der Waals surface area contributed by atoms with Crippen LogP contribution in [0.5, 0.6) is 0 Å². The first-order valence-electron chi connectivity index (χ1n) is 8.83. The van der Waals surface area contributed by atoms with Gasteiger partial charge in [-0.2, -0.15) is 13.2 Å². The van der Waals surface area contributed by atoms with Crippen molar-refractivity contribution < 1.29 is 18.0 Å². The molecule has 0 saturated carbocycles. The van der Waals surface area contributed by atoms with Gasteiger partial charge in [-0.25, -0.2) is 4.98 Å². The number of anilines is 1. The number of benzene rings is 1. The smallest absolute Gasteiger partial charge is 0.324 e. The third-order valence-electron chi connectivity index (χ3n) is 3.98. The summed E-state index contributed by atoms with van der Waals surface area (Å²) in [5.74, 6) is -0.525. The molecule has 0 spiro atoms. The van der Waals surface area contributed by atoms with E-state index in [0.29, 0.717) is 21.9 Å².